The summed E-state index contributed by atoms with van der Waals surface area (Å²) >= 11 is 0. The highest BCUT2D eigenvalue weighted by molar-refractivity contribution is 5.41. The van der Waals surface area contributed by atoms with Gasteiger partial charge in [-0.3, -0.25) is 0 Å². The second kappa shape index (κ2) is 6.27. The summed E-state index contributed by atoms with van der Waals surface area (Å²) < 4.78 is 5.49. The zero-order valence-corrected chi connectivity index (χ0v) is 8.62. The molecule has 0 amide bonds. The maximum Gasteiger partial charge on any atom is 0.119 e. The summed E-state index contributed by atoms with van der Waals surface area (Å²) in [6.45, 7) is 4.78. The van der Waals surface area contributed by atoms with Crippen LogP contribution in [0.25, 0.3) is 0 Å². The molecule has 0 unspecified atom stereocenters. The molecule has 3 nitrogen and oxygen atoms in total. The first kappa shape index (κ1) is 10.9. The smallest absolute Gasteiger partial charge is 0.119 e. The first-order valence-corrected chi connectivity index (χ1v) is 5.02. The van der Waals surface area contributed by atoms with Crippen LogP contribution in [0.1, 0.15) is 13.3 Å². The van der Waals surface area contributed by atoms with Crippen molar-refractivity contribution in [2.75, 3.05) is 25.4 Å². The maximum atomic E-state index is 5.55. The van der Waals surface area contributed by atoms with Gasteiger partial charge in [0.25, 0.3) is 0 Å². The number of rotatable bonds is 6. The SMILES string of the molecule is CCCNCCOc1ccc(N)cc1. The summed E-state index contributed by atoms with van der Waals surface area (Å²) in [4.78, 5) is 0. The predicted octanol–water partition coefficient (Wildman–Crippen LogP) is 1.65. The number of nitrogen functional groups attached to an aromatic ring is 1. The normalized spacial score (nSPS) is 10.1. The molecule has 0 aliphatic heterocycles. The van der Waals surface area contributed by atoms with E-state index in [-0.39, 0.29) is 0 Å². The van der Waals surface area contributed by atoms with Crippen LogP contribution >= 0.6 is 0 Å². The van der Waals surface area contributed by atoms with Crippen LogP contribution in [0.5, 0.6) is 5.75 Å². The highest BCUT2D eigenvalue weighted by Crippen LogP contribution is 2.12. The lowest BCUT2D eigenvalue weighted by Crippen LogP contribution is -2.21. The van der Waals surface area contributed by atoms with Crippen molar-refractivity contribution in [3.8, 4) is 5.75 Å². The standard InChI is InChI=1S/C11H18N2O/c1-2-7-13-8-9-14-11-5-3-10(12)4-6-11/h3-6,13H,2,7-9,12H2,1H3. The van der Waals surface area contributed by atoms with Crippen molar-refractivity contribution in [3.63, 3.8) is 0 Å². The van der Waals surface area contributed by atoms with Crippen molar-refractivity contribution in [2.45, 2.75) is 13.3 Å². The number of hydrogen-bond donors (Lipinski definition) is 2. The Morgan fingerprint density at radius 1 is 1.21 bits per heavy atom. The van der Waals surface area contributed by atoms with E-state index in [0.717, 1.165) is 30.9 Å². The van der Waals surface area contributed by atoms with E-state index in [9.17, 15) is 0 Å². The highest BCUT2D eigenvalue weighted by Gasteiger charge is 1.92. The van der Waals surface area contributed by atoms with Gasteiger partial charge >= 0.3 is 0 Å². The van der Waals surface area contributed by atoms with Gasteiger partial charge in [0.2, 0.25) is 0 Å². The molecule has 78 valence electrons. The van der Waals surface area contributed by atoms with Crippen LogP contribution < -0.4 is 15.8 Å². The molecular formula is C11H18N2O. The molecule has 1 aromatic carbocycles. The van der Waals surface area contributed by atoms with Crippen LogP contribution in [0.4, 0.5) is 5.69 Å². The second-order valence-electron chi connectivity index (χ2n) is 3.17. The Kier molecular flexibility index (Phi) is 4.86. The number of benzene rings is 1. The lowest BCUT2D eigenvalue weighted by Gasteiger charge is -2.06. The van der Waals surface area contributed by atoms with Gasteiger partial charge in [-0.2, -0.15) is 0 Å². The summed E-state index contributed by atoms with van der Waals surface area (Å²) in [5.41, 5.74) is 6.32. The fourth-order valence-corrected chi connectivity index (χ4v) is 1.11. The molecule has 0 heterocycles. The highest BCUT2D eigenvalue weighted by atomic mass is 16.5. The van der Waals surface area contributed by atoms with Crippen LogP contribution in [0.2, 0.25) is 0 Å². The molecule has 3 heteroatoms. The number of anilines is 1. The van der Waals surface area contributed by atoms with Gasteiger partial charge in [-0.1, -0.05) is 6.92 Å². The van der Waals surface area contributed by atoms with E-state index in [1.165, 1.54) is 0 Å². The number of nitrogens with one attached hydrogen (secondary N) is 1. The quantitative estimate of drug-likeness (QED) is 0.534. The summed E-state index contributed by atoms with van der Waals surface area (Å²) in [6, 6.07) is 7.45. The zero-order chi connectivity index (χ0) is 10.2. The molecule has 0 aliphatic carbocycles. The summed E-state index contributed by atoms with van der Waals surface area (Å²) in [5.74, 6) is 0.873. The minimum atomic E-state index is 0.698. The van der Waals surface area contributed by atoms with Gasteiger partial charge in [-0.15, -0.1) is 0 Å². The molecular weight excluding hydrogens is 176 g/mol. The number of nitrogens with two attached hydrogens (primary N) is 1. The fourth-order valence-electron chi connectivity index (χ4n) is 1.11. The van der Waals surface area contributed by atoms with Crippen LogP contribution in [0.15, 0.2) is 24.3 Å². The van der Waals surface area contributed by atoms with E-state index in [4.69, 9.17) is 10.5 Å². The molecule has 0 aliphatic rings. The summed E-state index contributed by atoms with van der Waals surface area (Å²) in [6.07, 6.45) is 1.15. The van der Waals surface area contributed by atoms with Crippen LogP contribution in [0.3, 0.4) is 0 Å². The first-order valence-electron chi connectivity index (χ1n) is 5.02. The third kappa shape index (κ3) is 4.14. The van der Waals surface area contributed by atoms with Gasteiger partial charge < -0.3 is 15.8 Å². The van der Waals surface area contributed by atoms with Gasteiger partial charge in [0.15, 0.2) is 0 Å². The van der Waals surface area contributed by atoms with Crippen molar-refractivity contribution in [1.29, 1.82) is 0 Å². The Morgan fingerprint density at radius 2 is 1.93 bits per heavy atom. The largest absolute Gasteiger partial charge is 0.492 e. The number of hydrogen-bond acceptors (Lipinski definition) is 3. The van der Waals surface area contributed by atoms with Gasteiger partial charge in [0.1, 0.15) is 12.4 Å². The third-order valence-corrected chi connectivity index (χ3v) is 1.85. The van der Waals surface area contributed by atoms with E-state index < -0.39 is 0 Å². The topological polar surface area (TPSA) is 47.3 Å². The molecule has 0 spiro atoms. The van der Waals surface area contributed by atoms with Gasteiger partial charge in [-0.25, -0.2) is 0 Å². The molecule has 0 saturated carbocycles. The lowest BCUT2D eigenvalue weighted by atomic mass is 10.3. The lowest BCUT2D eigenvalue weighted by molar-refractivity contribution is 0.314. The van der Waals surface area contributed by atoms with Gasteiger partial charge in [0.05, 0.1) is 0 Å². The average Bonchev–Trinajstić information content (AvgIpc) is 2.21. The van der Waals surface area contributed by atoms with Crippen molar-refractivity contribution in [1.82, 2.24) is 5.32 Å². The van der Waals surface area contributed by atoms with E-state index >= 15 is 0 Å². The van der Waals surface area contributed by atoms with Gasteiger partial charge in [0, 0.05) is 12.2 Å². The Labute approximate surface area is 85.3 Å². The predicted molar refractivity (Wildman–Crippen MR) is 59.5 cm³/mol. The van der Waals surface area contributed by atoms with Gasteiger partial charge in [-0.05, 0) is 37.2 Å². The summed E-state index contributed by atoms with van der Waals surface area (Å²) in [7, 11) is 0. The van der Waals surface area contributed by atoms with Crippen molar-refractivity contribution in [3.05, 3.63) is 24.3 Å². The van der Waals surface area contributed by atoms with Crippen LogP contribution in [0, 0.1) is 0 Å². The van der Waals surface area contributed by atoms with E-state index in [0.29, 0.717) is 6.61 Å². The summed E-state index contributed by atoms with van der Waals surface area (Å²) in [5, 5.41) is 3.27. The Balaban J connectivity index is 2.15. The van der Waals surface area contributed by atoms with Crippen LogP contribution in [-0.2, 0) is 0 Å². The fraction of sp³-hybridized carbons (Fsp3) is 0.455. The molecule has 1 rings (SSSR count). The van der Waals surface area contributed by atoms with E-state index in [1.807, 2.05) is 24.3 Å². The molecule has 0 radical (unpaired) electrons. The van der Waals surface area contributed by atoms with Crippen molar-refractivity contribution >= 4 is 5.69 Å². The molecule has 3 N–H and O–H groups in total. The molecule has 1 aromatic rings. The first-order chi connectivity index (χ1) is 6.83. The minimum Gasteiger partial charge on any atom is -0.492 e. The molecule has 14 heavy (non-hydrogen) atoms. The Hall–Kier alpha value is -1.22. The molecule has 0 aromatic heterocycles. The Bertz CT molecular complexity index is 246. The van der Waals surface area contributed by atoms with E-state index in [1.54, 1.807) is 0 Å². The number of ether oxygens (including phenoxy) is 1. The Morgan fingerprint density at radius 3 is 2.57 bits per heavy atom. The maximum absolute atomic E-state index is 5.55. The monoisotopic (exact) mass is 194 g/mol. The van der Waals surface area contributed by atoms with Crippen molar-refractivity contribution in [2.24, 2.45) is 0 Å². The van der Waals surface area contributed by atoms with E-state index in [2.05, 4.69) is 12.2 Å². The zero-order valence-electron chi connectivity index (χ0n) is 8.62. The van der Waals surface area contributed by atoms with Crippen molar-refractivity contribution < 1.29 is 4.74 Å². The van der Waals surface area contributed by atoms with Crippen LogP contribution in [-0.4, -0.2) is 19.7 Å². The molecule has 0 saturated heterocycles. The molecule has 0 fully saturated rings. The second-order valence-corrected chi connectivity index (χ2v) is 3.17. The molecule has 0 bridgehead atoms. The molecule has 0 atom stereocenters. The average molecular weight is 194 g/mol. The third-order valence-electron chi connectivity index (χ3n) is 1.85. The minimum absolute atomic E-state index is 0.698.